The van der Waals surface area contributed by atoms with Gasteiger partial charge < -0.3 is 5.11 Å². The molecule has 0 saturated carbocycles. The van der Waals surface area contributed by atoms with Gasteiger partial charge in [0.05, 0.1) is 4.34 Å². The first-order valence-electron chi connectivity index (χ1n) is 4.88. The quantitative estimate of drug-likeness (QED) is 0.844. The van der Waals surface area contributed by atoms with Crippen LogP contribution in [-0.2, 0) is 0 Å². The van der Waals surface area contributed by atoms with E-state index < -0.39 is 11.9 Å². The second-order valence-corrected chi connectivity index (χ2v) is 6.28. The summed E-state index contributed by atoms with van der Waals surface area (Å²) in [6.07, 6.45) is -0.973. The second-order valence-electron chi connectivity index (χ2n) is 3.67. The van der Waals surface area contributed by atoms with Gasteiger partial charge in [0.2, 0.25) is 0 Å². The summed E-state index contributed by atoms with van der Waals surface area (Å²) in [5.74, 6) is -0.436. The van der Waals surface area contributed by atoms with Crippen molar-refractivity contribution < 1.29 is 9.50 Å². The zero-order valence-corrected chi connectivity index (χ0v) is 12.0. The molecule has 90 valence electrons. The molecule has 1 aromatic heterocycles. The molecule has 0 radical (unpaired) electrons. The number of halogens is 3. The lowest BCUT2D eigenvalue weighted by molar-refractivity contribution is 0.218. The zero-order valence-electron chi connectivity index (χ0n) is 8.88. The summed E-state index contributed by atoms with van der Waals surface area (Å²) in [6, 6.07) is 6.37. The van der Waals surface area contributed by atoms with E-state index in [2.05, 4.69) is 15.9 Å². The fourth-order valence-electron chi connectivity index (χ4n) is 1.49. The number of rotatable bonds is 2. The molecule has 0 amide bonds. The van der Waals surface area contributed by atoms with Gasteiger partial charge in [-0.15, -0.1) is 11.3 Å². The Labute approximate surface area is 116 Å². The number of aliphatic hydroxyl groups excluding tert-OH is 1. The minimum absolute atomic E-state index is 0.256. The molecular formula is C12H9BrClFOS. The summed E-state index contributed by atoms with van der Waals surface area (Å²) in [4.78, 5) is 0.647. The first-order chi connectivity index (χ1) is 7.99. The average Bonchev–Trinajstić information content (AvgIpc) is 2.58. The molecule has 0 aliphatic heterocycles. The van der Waals surface area contributed by atoms with Gasteiger partial charge in [-0.3, -0.25) is 0 Å². The van der Waals surface area contributed by atoms with Crippen molar-refractivity contribution in [3.63, 3.8) is 0 Å². The van der Waals surface area contributed by atoms with Crippen LogP contribution in [0.3, 0.4) is 0 Å². The van der Waals surface area contributed by atoms with Crippen molar-refractivity contribution in [2.45, 2.75) is 13.0 Å². The molecule has 1 atom stereocenters. The summed E-state index contributed by atoms with van der Waals surface area (Å²) in [5.41, 5.74) is 1.15. The lowest BCUT2D eigenvalue weighted by Crippen LogP contribution is -2.00. The van der Waals surface area contributed by atoms with Crippen LogP contribution in [0, 0.1) is 12.7 Å². The van der Waals surface area contributed by atoms with Crippen LogP contribution in [-0.4, -0.2) is 5.11 Å². The van der Waals surface area contributed by atoms with Crippen molar-refractivity contribution >= 4 is 38.9 Å². The lowest BCUT2D eigenvalue weighted by Gasteiger charge is -2.10. The Hall–Kier alpha value is -0.420. The van der Waals surface area contributed by atoms with Gasteiger partial charge >= 0.3 is 0 Å². The predicted octanol–water partition coefficient (Wildman–Crippen LogP) is 4.69. The fraction of sp³-hybridized carbons (Fsp3) is 0.167. The molecule has 2 aromatic rings. The standard InChI is InChI=1S/C12H9BrClFOS/c1-6-4-10(17-12(6)14)11(16)8-3-2-7(13)5-9(8)15/h2-5,11,16H,1H3. The number of aliphatic hydroxyl groups is 1. The number of thiophene rings is 1. The predicted molar refractivity (Wildman–Crippen MR) is 72.2 cm³/mol. The van der Waals surface area contributed by atoms with Crippen LogP contribution in [0.1, 0.15) is 22.1 Å². The zero-order chi connectivity index (χ0) is 12.6. The number of benzene rings is 1. The van der Waals surface area contributed by atoms with Crippen molar-refractivity contribution in [1.82, 2.24) is 0 Å². The molecule has 2 rings (SSSR count). The fourth-order valence-corrected chi connectivity index (χ4v) is 3.05. The van der Waals surface area contributed by atoms with E-state index in [0.29, 0.717) is 13.7 Å². The van der Waals surface area contributed by atoms with E-state index in [-0.39, 0.29) is 5.56 Å². The highest BCUT2D eigenvalue weighted by Gasteiger charge is 2.18. The lowest BCUT2D eigenvalue weighted by atomic mass is 10.1. The van der Waals surface area contributed by atoms with Crippen LogP contribution < -0.4 is 0 Å². The molecule has 0 bridgehead atoms. The highest BCUT2D eigenvalue weighted by molar-refractivity contribution is 9.10. The molecule has 1 N–H and O–H groups in total. The number of hydrogen-bond acceptors (Lipinski definition) is 2. The maximum Gasteiger partial charge on any atom is 0.130 e. The second kappa shape index (κ2) is 5.06. The van der Waals surface area contributed by atoms with E-state index in [1.165, 1.54) is 17.4 Å². The Balaban J connectivity index is 2.39. The first kappa shape index (κ1) is 13.0. The number of hydrogen-bond donors (Lipinski definition) is 1. The van der Waals surface area contributed by atoms with Gasteiger partial charge in [0.25, 0.3) is 0 Å². The van der Waals surface area contributed by atoms with Gasteiger partial charge in [-0.1, -0.05) is 33.6 Å². The van der Waals surface area contributed by atoms with E-state index in [9.17, 15) is 9.50 Å². The van der Waals surface area contributed by atoms with Crippen LogP contribution >= 0.6 is 38.9 Å². The Morgan fingerprint density at radius 1 is 1.41 bits per heavy atom. The molecule has 1 unspecified atom stereocenters. The molecule has 1 nitrogen and oxygen atoms in total. The third-order valence-electron chi connectivity index (χ3n) is 2.40. The molecule has 5 heteroatoms. The Bertz CT molecular complexity index is 536. The van der Waals surface area contributed by atoms with Crippen molar-refractivity contribution in [1.29, 1.82) is 0 Å². The Kier molecular flexibility index (Phi) is 3.88. The van der Waals surface area contributed by atoms with Crippen LogP contribution in [0.5, 0.6) is 0 Å². The summed E-state index contributed by atoms with van der Waals surface area (Å²) in [6.45, 7) is 1.85. The molecule has 0 saturated heterocycles. The van der Waals surface area contributed by atoms with Gasteiger partial charge in [-0.2, -0.15) is 0 Å². The van der Waals surface area contributed by atoms with Gasteiger partial charge in [0.15, 0.2) is 0 Å². The van der Waals surface area contributed by atoms with Crippen molar-refractivity contribution in [2.24, 2.45) is 0 Å². The summed E-state index contributed by atoms with van der Waals surface area (Å²) < 4.78 is 14.9. The van der Waals surface area contributed by atoms with E-state index in [1.807, 2.05) is 6.92 Å². The Morgan fingerprint density at radius 2 is 2.12 bits per heavy atom. The van der Waals surface area contributed by atoms with Crippen molar-refractivity contribution in [3.05, 3.63) is 54.9 Å². The topological polar surface area (TPSA) is 20.2 Å². The van der Waals surface area contributed by atoms with Gasteiger partial charge in [-0.25, -0.2) is 4.39 Å². The van der Waals surface area contributed by atoms with Gasteiger partial charge in [0.1, 0.15) is 11.9 Å². The maximum absolute atomic E-state index is 13.7. The molecule has 17 heavy (non-hydrogen) atoms. The summed E-state index contributed by atoms with van der Waals surface area (Å²) >= 11 is 10.4. The van der Waals surface area contributed by atoms with Crippen LogP contribution in [0.25, 0.3) is 0 Å². The molecule has 0 aliphatic rings. The third kappa shape index (κ3) is 2.71. The van der Waals surface area contributed by atoms with Crippen molar-refractivity contribution in [2.75, 3.05) is 0 Å². The summed E-state index contributed by atoms with van der Waals surface area (Å²) in [5, 5.41) is 10.1. The monoisotopic (exact) mass is 334 g/mol. The van der Waals surface area contributed by atoms with Crippen molar-refractivity contribution in [3.8, 4) is 0 Å². The van der Waals surface area contributed by atoms with E-state index >= 15 is 0 Å². The minimum Gasteiger partial charge on any atom is -0.383 e. The highest BCUT2D eigenvalue weighted by atomic mass is 79.9. The molecule has 0 aliphatic carbocycles. The van der Waals surface area contributed by atoms with Crippen LogP contribution in [0.15, 0.2) is 28.7 Å². The molecule has 1 heterocycles. The SMILES string of the molecule is Cc1cc(C(O)c2ccc(Br)cc2F)sc1Cl. The molecule has 0 fully saturated rings. The van der Waals surface area contributed by atoms with Crippen LogP contribution in [0.2, 0.25) is 4.34 Å². The maximum atomic E-state index is 13.7. The minimum atomic E-state index is -0.973. The van der Waals surface area contributed by atoms with E-state index in [1.54, 1.807) is 18.2 Å². The normalized spacial score (nSPS) is 12.8. The summed E-state index contributed by atoms with van der Waals surface area (Å²) in [7, 11) is 0. The highest BCUT2D eigenvalue weighted by Crippen LogP contribution is 2.35. The van der Waals surface area contributed by atoms with Gasteiger partial charge in [-0.05, 0) is 30.7 Å². The first-order valence-corrected chi connectivity index (χ1v) is 6.86. The van der Waals surface area contributed by atoms with E-state index in [0.717, 1.165) is 5.56 Å². The van der Waals surface area contributed by atoms with E-state index in [4.69, 9.17) is 11.6 Å². The smallest absolute Gasteiger partial charge is 0.130 e. The van der Waals surface area contributed by atoms with Gasteiger partial charge in [0, 0.05) is 14.9 Å². The largest absolute Gasteiger partial charge is 0.383 e. The number of aryl methyl sites for hydroxylation is 1. The molecule has 0 spiro atoms. The average molecular weight is 336 g/mol. The molecule has 1 aromatic carbocycles. The third-order valence-corrected chi connectivity index (χ3v) is 4.50. The molecular weight excluding hydrogens is 327 g/mol. The Morgan fingerprint density at radius 3 is 2.65 bits per heavy atom. The van der Waals surface area contributed by atoms with Crippen LogP contribution in [0.4, 0.5) is 4.39 Å².